The Kier molecular flexibility index (Phi) is 6.51. The van der Waals surface area contributed by atoms with Gasteiger partial charge in [0.1, 0.15) is 5.75 Å². The second kappa shape index (κ2) is 9.87. The molecule has 0 saturated heterocycles. The first-order valence-corrected chi connectivity index (χ1v) is 12.2. The van der Waals surface area contributed by atoms with Crippen molar-refractivity contribution in [3.8, 4) is 17.1 Å². The van der Waals surface area contributed by atoms with Gasteiger partial charge in [-0.1, -0.05) is 60.3 Å². The van der Waals surface area contributed by atoms with Crippen molar-refractivity contribution in [2.45, 2.75) is 24.7 Å². The van der Waals surface area contributed by atoms with Gasteiger partial charge in [-0.05, 0) is 40.5 Å². The number of phenols is 1. The summed E-state index contributed by atoms with van der Waals surface area (Å²) in [5.74, 6) is 1.05. The monoisotopic (exact) mass is 474 g/mol. The smallest absolute Gasteiger partial charge is 0.233 e. The van der Waals surface area contributed by atoms with Gasteiger partial charge in [-0.2, -0.15) is 0 Å². The van der Waals surface area contributed by atoms with Gasteiger partial charge in [0.25, 0.3) is 0 Å². The second-order valence-electron chi connectivity index (χ2n) is 8.29. The largest absolute Gasteiger partial charge is 0.507 e. The van der Waals surface area contributed by atoms with Crippen LogP contribution in [0.15, 0.2) is 65.8 Å². The number of methoxy groups -OCH3 is 1. The molecule has 1 aliphatic rings. The number of nitrogens with zero attached hydrogens (tertiary/aromatic N) is 4. The van der Waals surface area contributed by atoms with Crippen LogP contribution in [-0.4, -0.2) is 56.7 Å². The van der Waals surface area contributed by atoms with Gasteiger partial charge in [0.2, 0.25) is 5.91 Å². The van der Waals surface area contributed by atoms with E-state index in [-0.39, 0.29) is 17.4 Å². The number of carbonyl (C=O) groups excluding carboxylic acids is 1. The molecule has 1 aliphatic heterocycles. The van der Waals surface area contributed by atoms with E-state index in [1.165, 1.54) is 22.9 Å². The van der Waals surface area contributed by atoms with Crippen molar-refractivity contribution in [2.24, 2.45) is 0 Å². The number of phenolic OH excluding ortho intramolecular Hbond substituents is 1. The molecule has 34 heavy (non-hydrogen) atoms. The van der Waals surface area contributed by atoms with Crippen LogP contribution in [0, 0.1) is 0 Å². The highest BCUT2D eigenvalue weighted by molar-refractivity contribution is 7.99. The zero-order valence-corrected chi connectivity index (χ0v) is 19.8. The van der Waals surface area contributed by atoms with Crippen LogP contribution < -0.4 is 0 Å². The average Bonchev–Trinajstić information content (AvgIpc) is 3.27. The zero-order valence-electron chi connectivity index (χ0n) is 19.0. The molecule has 3 aromatic carbocycles. The number of thioether (sulfide) groups is 1. The molecule has 0 bridgehead atoms. The Morgan fingerprint density at radius 2 is 1.79 bits per heavy atom. The molecule has 5 rings (SSSR count). The number of rotatable bonds is 7. The second-order valence-corrected chi connectivity index (χ2v) is 9.23. The lowest BCUT2D eigenvalue weighted by Gasteiger charge is -2.28. The molecule has 2 heterocycles. The van der Waals surface area contributed by atoms with Gasteiger partial charge in [-0.15, -0.1) is 10.2 Å². The molecule has 174 valence electrons. The molecular weight excluding hydrogens is 448 g/mol. The standard InChI is InChI=1S/C26H26N4O3S/c1-33-13-12-30-25(22-14-19-7-3-4-8-20(19)15-23(22)31)27-28-26(30)34-17-24(32)29-11-10-18-6-2-5-9-21(18)16-29/h2-9,14-15,31H,10-13,16-17H2,1H3. The lowest BCUT2D eigenvalue weighted by molar-refractivity contribution is -0.129. The first-order chi connectivity index (χ1) is 16.6. The molecule has 0 radical (unpaired) electrons. The molecule has 7 nitrogen and oxygen atoms in total. The van der Waals surface area contributed by atoms with E-state index in [1.807, 2.05) is 51.9 Å². The third-order valence-electron chi connectivity index (χ3n) is 6.15. The van der Waals surface area contributed by atoms with Crippen molar-refractivity contribution in [2.75, 3.05) is 26.0 Å². The summed E-state index contributed by atoms with van der Waals surface area (Å²) in [6.45, 7) is 2.34. The van der Waals surface area contributed by atoms with Crippen LogP contribution in [0.2, 0.25) is 0 Å². The van der Waals surface area contributed by atoms with E-state index in [4.69, 9.17) is 4.74 Å². The van der Waals surface area contributed by atoms with E-state index < -0.39 is 0 Å². The number of hydrogen-bond acceptors (Lipinski definition) is 6. The van der Waals surface area contributed by atoms with E-state index >= 15 is 0 Å². The van der Waals surface area contributed by atoms with E-state index in [1.54, 1.807) is 13.2 Å². The maximum absolute atomic E-state index is 13.0. The summed E-state index contributed by atoms with van der Waals surface area (Å²) in [7, 11) is 1.64. The number of ether oxygens (including phenoxy) is 1. The zero-order chi connectivity index (χ0) is 23.5. The summed E-state index contributed by atoms with van der Waals surface area (Å²) in [5, 5.41) is 22.0. The summed E-state index contributed by atoms with van der Waals surface area (Å²) in [4.78, 5) is 14.9. The predicted octanol–water partition coefficient (Wildman–Crippen LogP) is 4.13. The Balaban J connectivity index is 1.37. The molecule has 8 heteroatoms. The summed E-state index contributed by atoms with van der Waals surface area (Å²) in [5.41, 5.74) is 3.14. The Labute approximate surface area is 202 Å². The van der Waals surface area contributed by atoms with Gasteiger partial charge >= 0.3 is 0 Å². The number of aromatic nitrogens is 3. The number of fused-ring (bicyclic) bond motifs is 2. The predicted molar refractivity (Wildman–Crippen MR) is 133 cm³/mol. The van der Waals surface area contributed by atoms with Gasteiger partial charge in [0, 0.05) is 20.2 Å². The number of amides is 1. The summed E-state index contributed by atoms with van der Waals surface area (Å²) in [6, 6.07) is 19.8. The van der Waals surface area contributed by atoms with Crippen molar-refractivity contribution in [3.05, 3.63) is 71.8 Å². The highest BCUT2D eigenvalue weighted by Gasteiger charge is 2.23. The first-order valence-electron chi connectivity index (χ1n) is 11.3. The lowest BCUT2D eigenvalue weighted by atomic mass is 10.00. The summed E-state index contributed by atoms with van der Waals surface area (Å²) >= 11 is 1.37. The van der Waals surface area contributed by atoms with Crippen LogP contribution in [0.25, 0.3) is 22.2 Å². The minimum absolute atomic E-state index is 0.0795. The molecular formula is C26H26N4O3S. The molecule has 1 aromatic heterocycles. The van der Waals surface area contributed by atoms with Crippen LogP contribution in [0.4, 0.5) is 0 Å². The minimum atomic E-state index is 0.0795. The molecule has 0 aliphatic carbocycles. The van der Waals surface area contributed by atoms with Crippen LogP contribution in [-0.2, 0) is 29.0 Å². The molecule has 4 aromatic rings. The van der Waals surface area contributed by atoms with Crippen molar-refractivity contribution in [1.29, 1.82) is 0 Å². The molecule has 1 N–H and O–H groups in total. The quantitative estimate of drug-likeness (QED) is 0.406. The Bertz CT molecular complexity index is 1340. The minimum Gasteiger partial charge on any atom is -0.507 e. The Morgan fingerprint density at radius 1 is 1.06 bits per heavy atom. The number of benzene rings is 3. The molecule has 1 amide bonds. The molecule has 0 fully saturated rings. The van der Waals surface area contributed by atoms with Crippen LogP contribution in [0.1, 0.15) is 11.1 Å². The normalized spacial score (nSPS) is 13.3. The van der Waals surface area contributed by atoms with Crippen molar-refractivity contribution >= 4 is 28.4 Å². The highest BCUT2D eigenvalue weighted by atomic mass is 32.2. The number of aromatic hydroxyl groups is 1. The van der Waals surface area contributed by atoms with Crippen LogP contribution in [0.3, 0.4) is 0 Å². The third kappa shape index (κ3) is 4.51. The average molecular weight is 475 g/mol. The lowest BCUT2D eigenvalue weighted by Crippen LogP contribution is -2.37. The summed E-state index contributed by atoms with van der Waals surface area (Å²) < 4.78 is 7.21. The first kappa shape index (κ1) is 22.4. The van der Waals surface area contributed by atoms with E-state index in [0.717, 1.165) is 23.7 Å². The maximum Gasteiger partial charge on any atom is 0.233 e. The number of carbonyl (C=O) groups is 1. The van der Waals surface area contributed by atoms with Crippen molar-refractivity contribution in [3.63, 3.8) is 0 Å². The Morgan fingerprint density at radius 3 is 2.59 bits per heavy atom. The van der Waals surface area contributed by atoms with E-state index in [0.29, 0.717) is 36.2 Å². The van der Waals surface area contributed by atoms with Gasteiger partial charge in [-0.3, -0.25) is 9.36 Å². The Hall–Kier alpha value is -3.36. The molecule has 0 spiro atoms. The van der Waals surface area contributed by atoms with Crippen molar-refractivity contribution < 1.29 is 14.6 Å². The SMILES string of the molecule is COCCn1c(SCC(=O)N2CCc3ccccc3C2)nnc1-c1cc2ccccc2cc1O. The van der Waals surface area contributed by atoms with Crippen LogP contribution >= 0.6 is 11.8 Å². The highest BCUT2D eigenvalue weighted by Crippen LogP contribution is 2.34. The maximum atomic E-state index is 13.0. The third-order valence-corrected chi connectivity index (χ3v) is 7.10. The molecule has 0 atom stereocenters. The van der Waals surface area contributed by atoms with E-state index in [2.05, 4.69) is 22.3 Å². The van der Waals surface area contributed by atoms with Gasteiger partial charge in [0.05, 0.1) is 24.5 Å². The van der Waals surface area contributed by atoms with Gasteiger partial charge < -0.3 is 14.7 Å². The van der Waals surface area contributed by atoms with Gasteiger partial charge in [-0.25, -0.2) is 0 Å². The van der Waals surface area contributed by atoms with Gasteiger partial charge in [0.15, 0.2) is 11.0 Å². The molecule has 0 unspecified atom stereocenters. The topological polar surface area (TPSA) is 80.5 Å². The van der Waals surface area contributed by atoms with Crippen molar-refractivity contribution in [1.82, 2.24) is 19.7 Å². The fraction of sp³-hybridized carbons (Fsp3) is 0.269. The van der Waals surface area contributed by atoms with Crippen LogP contribution in [0.5, 0.6) is 5.75 Å². The number of hydrogen-bond donors (Lipinski definition) is 1. The molecule has 0 saturated carbocycles. The summed E-state index contributed by atoms with van der Waals surface area (Å²) in [6.07, 6.45) is 0.877. The fourth-order valence-electron chi connectivity index (χ4n) is 4.31. The fourth-order valence-corrected chi connectivity index (χ4v) is 5.18. The van der Waals surface area contributed by atoms with E-state index in [9.17, 15) is 9.90 Å².